The van der Waals surface area contributed by atoms with Gasteiger partial charge in [-0.05, 0) is 31.4 Å². The quantitative estimate of drug-likeness (QED) is 0.851. The first-order valence-electron chi connectivity index (χ1n) is 6.01. The number of anilines is 1. The predicted octanol–water partition coefficient (Wildman–Crippen LogP) is 2.98. The van der Waals surface area contributed by atoms with Gasteiger partial charge >= 0.3 is 0 Å². The molecule has 1 heterocycles. The van der Waals surface area contributed by atoms with Gasteiger partial charge in [0.25, 0.3) is 0 Å². The van der Waals surface area contributed by atoms with Crippen LogP contribution in [-0.2, 0) is 5.41 Å². The highest BCUT2D eigenvalue weighted by atomic mass is 35.5. The normalized spacial score (nSPS) is 13.7. The van der Waals surface area contributed by atoms with Crippen LogP contribution in [0.5, 0.6) is 0 Å². The van der Waals surface area contributed by atoms with E-state index in [4.69, 9.17) is 17.3 Å². The average Bonchev–Trinajstić information content (AvgIpc) is 2.21. The third-order valence-corrected chi connectivity index (χ3v) is 3.19. The van der Waals surface area contributed by atoms with Gasteiger partial charge in [0.2, 0.25) is 0 Å². The number of hydrogen-bond donors (Lipinski definition) is 2. The molecule has 0 radical (unpaired) electrons. The molecule has 0 amide bonds. The first-order valence-corrected chi connectivity index (χ1v) is 6.39. The van der Waals surface area contributed by atoms with Crippen LogP contribution in [0.3, 0.4) is 0 Å². The summed E-state index contributed by atoms with van der Waals surface area (Å²) in [6, 6.07) is 2.36. The minimum atomic E-state index is -0.0381. The molecule has 4 heteroatoms. The van der Waals surface area contributed by atoms with Gasteiger partial charge in [-0.2, -0.15) is 0 Å². The SMILES string of the molecule is CCNC(C)CC(C)(C)c1cc(Cl)cnc1N. The third-order valence-electron chi connectivity index (χ3n) is 2.98. The van der Waals surface area contributed by atoms with Crippen molar-refractivity contribution in [1.29, 1.82) is 0 Å². The van der Waals surface area contributed by atoms with Crippen molar-refractivity contribution in [2.75, 3.05) is 12.3 Å². The van der Waals surface area contributed by atoms with Crippen molar-refractivity contribution in [2.24, 2.45) is 0 Å². The van der Waals surface area contributed by atoms with Crippen LogP contribution in [-0.4, -0.2) is 17.6 Å². The highest BCUT2D eigenvalue weighted by molar-refractivity contribution is 6.30. The number of hydrogen-bond acceptors (Lipinski definition) is 3. The molecule has 96 valence electrons. The maximum absolute atomic E-state index is 5.99. The number of halogens is 1. The van der Waals surface area contributed by atoms with Gasteiger partial charge in [0.05, 0.1) is 5.02 Å². The van der Waals surface area contributed by atoms with Crippen LogP contribution in [0.15, 0.2) is 12.3 Å². The topological polar surface area (TPSA) is 50.9 Å². The molecule has 0 saturated heterocycles. The molecule has 17 heavy (non-hydrogen) atoms. The first-order chi connectivity index (χ1) is 7.86. The fraction of sp³-hybridized carbons (Fsp3) is 0.615. The van der Waals surface area contributed by atoms with E-state index in [1.54, 1.807) is 6.20 Å². The van der Waals surface area contributed by atoms with E-state index >= 15 is 0 Å². The number of nitrogens with one attached hydrogen (secondary N) is 1. The lowest BCUT2D eigenvalue weighted by Crippen LogP contribution is -2.33. The Morgan fingerprint density at radius 1 is 1.53 bits per heavy atom. The Morgan fingerprint density at radius 3 is 2.76 bits per heavy atom. The highest BCUT2D eigenvalue weighted by Crippen LogP contribution is 2.33. The number of nitrogen functional groups attached to an aromatic ring is 1. The molecule has 0 saturated carbocycles. The second kappa shape index (κ2) is 5.69. The van der Waals surface area contributed by atoms with E-state index in [1.807, 2.05) is 6.07 Å². The van der Waals surface area contributed by atoms with Crippen LogP contribution < -0.4 is 11.1 Å². The maximum Gasteiger partial charge on any atom is 0.127 e. The van der Waals surface area contributed by atoms with Crippen LogP contribution in [0.1, 0.15) is 39.7 Å². The largest absolute Gasteiger partial charge is 0.383 e. The van der Waals surface area contributed by atoms with Crippen molar-refractivity contribution in [3.63, 3.8) is 0 Å². The van der Waals surface area contributed by atoms with Gasteiger partial charge in [-0.3, -0.25) is 0 Å². The molecule has 1 aromatic rings. The fourth-order valence-electron chi connectivity index (χ4n) is 2.29. The van der Waals surface area contributed by atoms with E-state index in [0.29, 0.717) is 16.9 Å². The van der Waals surface area contributed by atoms with E-state index in [0.717, 1.165) is 18.5 Å². The molecule has 1 atom stereocenters. The number of aromatic nitrogens is 1. The van der Waals surface area contributed by atoms with Gasteiger partial charge in [0.1, 0.15) is 5.82 Å². The lowest BCUT2D eigenvalue weighted by atomic mass is 9.79. The minimum Gasteiger partial charge on any atom is -0.383 e. The Balaban J connectivity index is 2.91. The van der Waals surface area contributed by atoms with Gasteiger partial charge in [0.15, 0.2) is 0 Å². The first kappa shape index (κ1) is 14.3. The molecular formula is C13H22ClN3. The van der Waals surface area contributed by atoms with Gasteiger partial charge in [-0.15, -0.1) is 0 Å². The molecule has 0 aliphatic rings. The molecule has 3 nitrogen and oxygen atoms in total. The summed E-state index contributed by atoms with van der Waals surface area (Å²) in [6.45, 7) is 9.60. The Bertz CT molecular complexity index is 377. The second-order valence-electron chi connectivity index (χ2n) is 5.13. The zero-order valence-electron chi connectivity index (χ0n) is 11.0. The number of nitrogens with two attached hydrogens (primary N) is 1. The van der Waals surface area contributed by atoms with Crippen LogP contribution in [0.25, 0.3) is 0 Å². The standard InChI is InChI=1S/C13H22ClN3/c1-5-16-9(2)7-13(3,4)11-6-10(14)8-17-12(11)15/h6,8-9,16H,5,7H2,1-4H3,(H2,15,17). The summed E-state index contributed by atoms with van der Waals surface area (Å²) in [5.74, 6) is 0.572. The molecular weight excluding hydrogens is 234 g/mol. The summed E-state index contributed by atoms with van der Waals surface area (Å²) in [5.41, 5.74) is 6.92. The van der Waals surface area contributed by atoms with Crippen LogP contribution in [0.4, 0.5) is 5.82 Å². The van der Waals surface area contributed by atoms with Crippen LogP contribution in [0.2, 0.25) is 5.02 Å². The van der Waals surface area contributed by atoms with Gasteiger partial charge < -0.3 is 11.1 Å². The minimum absolute atomic E-state index is 0.0381. The van der Waals surface area contributed by atoms with Crippen molar-refractivity contribution in [3.8, 4) is 0 Å². The van der Waals surface area contributed by atoms with Crippen LogP contribution >= 0.6 is 11.6 Å². The fourth-order valence-corrected chi connectivity index (χ4v) is 2.45. The lowest BCUT2D eigenvalue weighted by molar-refractivity contribution is 0.395. The second-order valence-corrected chi connectivity index (χ2v) is 5.57. The van der Waals surface area contributed by atoms with E-state index in [1.165, 1.54) is 0 Å². The van der Waals surface area contributed by atoms with Gasteiger partial charge in [0, 0.05) is 17.8 Å². The summed E-state index contributed by atoms with van der Waals surface area (Å²) in [7, 11) is 0. The Morgan fingerprint density at radius 2 is 2.18 bits per heavy atom. The number of nitrogens with zero attached hydrogens (tertiary/aromatic N) is 1. The van der Waals surface area contributed by atoms with E-state index in [-0.39, 0.29) is 5.41 Å². The zero-order valence-corrected chi connectivity index (χ0v) is 11.8. The molecule has 0 aromatic carbocycles. The molecule has 0 fully saturated rings. The highest BCUT2D eigenvalue weighted by Gasteiger charge is 2.26. The van der Waals surface area contributed by atoms with Crippen molar-refractivity contribution >= 4 is 17.4 Å². The summed E-state index contributed by atoms with van der Waals surface area (Å²) < 4.78 is 0. The molecule has 0 aliphatic heterocycles. The number of rotatable bonds is 5. The molecule has 0 spiro atoms. The van der Waals surface area contributed by atoms with Crippen molar-refractivity contribution in [1.82, 2.24) is 10.3 Å². The molecule has 1 rings (SSSR count). The lowest BCUT2D eigenvalue weighted by Gasteiger charge is -2.29. The van der Waals surface area contributed by atoms with Crippen molar-refractivity contribution in [2.45, 2.75) is 45.6 Å². The van der Waals surface area contributed by atoms with E-state index in [9.17, 15) is 0 Å². The summed E-state index contributed by atoms with van der Waals surface area (Å²) >= 11 is 5.99. The molecule has 0 bridgehead atoms. The molecule has 1 aromatic heterocycles. The zero-order chi connectivity index (χ0) is 13.1. The smallest absolute Gasteiger partial charge is 0.127 e. The maximum atomic E-state index is 5.99. The Labute approximate surface area is 109 Å². The van der Waals surface area contributed by atoms with Crippen molar-refractivity contribution < 1.29 is 0 Å². The van der Waals surface area contributed by atoms with Gasteiger partial charge in [-0.25, -0.2) is 4.98 Å². The van der Waals surface area contributed by atoms with Crippen molar-refractivity contribution in [3.05, 3.63) is 22.8 Å². The summed E-state index contributed by atoms with van der Waals surface area (Å²) in [6.07, 6.45) is 2.58. The van der Waals surface area contributed by atoms with Gasteiger partial charge in [-0.1, -0.05) is 32.4 Å². The molecule has 1 unspecified atom stereocenters. The number of pyridine rings is 1. The predicted molar refractivity (Wildman–Crippen MR) is 74.4 cm³/mol. The van der Waals surface area contributed by atoms with E-state index in [2.05, 4.69) is 38.0 Å². The Hall–Kier alpha value is -0.800. The monoisotopic (exact) mass is 255 g/mol. The van der Waals surface area contributed by atoms with E-state index < -0.39 is 0 Å². The summed E-state index contributed by atoms with van der Waals surface area (Å²) in [4.78, 5) is 4.12. The van der Waals surface area contributed by atoms with Crippen LogP contribution in [0, 0.1) is 0 Å². The average molecular weight is 256 g/mol. The third kappa shape index (κ3) is 3.86. The summed E-state index contributed by atoms with van der Waals surface area (Å²) in [5, 5.41) is 4.05. The molecule has 0 aliphatic carbocycles. The molecule has 3 N–H and O–H groups in total. The Kier molecular flexibility index (Phi) is 4.78.